The first-order valence-electron chi connectivity index (χ1n) is 6.50. The Hall–Kier alpha value is -1.82. The van der Waals surface area contributed by atoms with Crippen molar-refractivity contribution < 1.29 is 0 Å². The van der Waals surface area contributed by atoms with Crippen LogP contribution in [0.25, 0.3) is 0 Å². The number of benzene rings is 1. The van der Waals surface area contributed by atoms with Crippen molar-refractivity contribution in [2.75, 3.05) is 22.9 Å². The molecule has 20 heavy (non-hydrogen) atoms. The van der Waals surface area contributed by atoms with Crippen LogP contribution in [0.1, 0.15) is 18.9 Å². The summed E-state index contributed by atoms with van der Waals surface area (Å²) < 4.78 is 0.975. The van der Waals surface area contributed by atoms with E-state index in [9.17, 15) is 0 Å². The van der Waals surface area contributed by atoms with Crippen LogP contribution in [0.2, 0.25) is 0 Å². The lowest BCUT2D eigenvalue weighted by atomic mass is 10.2. The quantitative estimate of drug-likeness (QED) is 0.776. The molecule has 1 heterocycles. The third-order valence-electron chi connectivity index (χ3n) is 2.68. The third-order valence-corrected chi connectivity index (χ3v) is 3.38. The Morgan fingerprint density at radius 3 is 2.70 bits per heavy atom. The van der Waals surface area contributed by atoms with Gasteiger partial charge < -0.3 is 16.4 Å². The molecule has 0 unspecified atom stereocenters. The van der Waals surface area contributed by atoms with Gasteiger partial charge in [-0.2, -0.15) is 9.97 Å². The third kappa shape index (κ3) is 3.84. The fourth-order valence-corrected chi connectivity index (χ4v) is 2.09. The van der Waals surface area contributed by atoms with E-state index in [1.165, 1.54) is 5.56 Å². The van der Waals surface area contributed by atoms with Crippen molar-refractivity contribution >= 4 is 39.2 Å². The molecule has 2 rings (SSSR count). The highest BCUT2D eigenvalue weighted by Gasteiger charge is 2.05. The number of nitrogens with two attached hydrogens (primary N) is 1. The van der Waals surface area contributed by atoms with E-state index >= 15 is 0 Å². The molecule has 2 aromatic rings. The maximum atomic E-state index is 5.74. The fourth-order valence-electron chi connectivity index (χ4n) is 1.75. The van der Waals surface area contributed by atoms with Gasteiger partial charge in [0.25, 0.3) is 0 Å². The number of halogens is 1. The van der Waals surface area contributed by atoms with E-state index in [4.69, 9.17) is 5.73 Å². The summed E-state index contributed by atoms with van der Waals surface area (Å²) in [5.74, 6) is 1.64. The van der Waals surface area contributed by atoms with Gasteiger partial charge in [-0.15, -0.1) is 0 Å². The Labute approximate surface area is 127 Å². The lowest BCUT2D eigenvalue weighted by molar-refractivity contribution is 0.967. The average Bonchev–Trinajstić information content (AvgIpc) is 2.40. The van der Waals surface area contributed by atoms with Gasteiger partial charge in [0.15, 0.2) is 0 Å². The molecule has 0 saturated heterocycles. The van der Waals surface area contributed by atoms with Crippen molar-refractivity contribution in [1.82, 2.24) is 9.97 Å². The Morgan fingerprint density at radius 1 is 1.20 bits per heavy atom. The molecule has 0 spiro atoms. The minimum absolute atomic E-state index is 0.248. The SMILES string of the molecule is CCCNc1cc(Nc2cc(C)ccc2Br)nc(N)n1. The first-order valence-corrected chi connectivity index (χ1v) is 7.29. The summed E-state index contributed by atoms with van der Waals surface area (Å²) in [6, 6.07) is 7.93. The predicted octanol–water partition coefficient (Wildman–Crippen LogP) is 3.70. The minimum Gasteiger partial charge on any atom is -0.370 e. The zero-order chi connectivity index (χ0) is 14.5. The van der Waals surface area contributed by atoms with Crippen LogP contribution in [0.5, 0.6) is 0 Å². The maximum Gasteiger partial charge on any atom is 0.223 e. The van der Waals surface area contributed by atoms with Crippen LogP contribution in [0.4, 0.5) is 23.3 Å². The second kappa shape index (κ2) is 6.56. The maximum absolute atomic E-state index is 5.74. The van der Waals surface area contributed by atoms with Crippen LogP contribution in [-0.4, -0.2) is 16.5 Å². The van der Waals surface area contributed by atoms with E-state index in [2.05, 4.69) is 43.5 Å². The van der Waals surface area contributed by atoms with Crippen molar-refractivity contribution in [2.24, 2.45) is 0 Å². The standard InChI is InChI=1S/C14H18BrN5/c1-3-6-17-12-8-13(20-14(16)19-12)18-11-7-9(2)4-5-10(11)15/h4-5,7-8H,3,6H2,1-2H3,(H4,16,17,18,19,20). The van der Waals surface area contributed by atoms with Crippen LogP contribution >= 0.6 is 15.9 Å². The summed E-state index contributed by atoms with van der Waals surface area (Å²) in [6.45, 7) is 4.99. The summed E-state index contributed by atoms with van der Waals surface area (Å²) in [6.07, 6.45) is 1.02. The molecule has 5 nitrogen and oxygen atoms in total. The zero-order valence-corrected chi connectivity index (χ0v) is 13.2. The highest BCUT2D eigenvalue weighted by molar-refractivity contribution is 9.10. The van der Waals surface area contributed by atoms with Crippen molar-refractivity contribution in [2.45, 2.75) is 20.3 Å². The number of hydrogen-bond donors (Lipinski definition) is 3. The van der Waals surface area contributed by atoms with Crippen LogP contribution in [-0.2, 0) is 0 Å². The summed E-state index contributed by atoms with van der Waals surface area (Å²) in [4.78, 5) is 8.36. The van der Waals surface area contributed by atoms with E-state index in [0.717, 1.165) is 28.9 Å². The highest BCUT2D eigenvalue weighted by Crippen LogP contribution is 2.27. The molecule has 6 heteroatoms. The number of anilines is 4. The molecule has 1 aromatic carbocycles. The molecule has 0 amide bonds. The van der Waals surface area contributed by atoms with Gasteiger partial charge in [0.2, 0.25) is 5.95 Å². The molecule has 0 bridgehead atoms. The Bertz CT molecular complexity index is 600. The number of nitrogens with zero attached hydrogens (tertiary/aromatic N) is 2. The van der Waals surface area contributed by atoms with E-state index in [0.29, 0.717) is 5.82 Å². The van der Waals surface area contributed by atoms with E-state index in [1.54, 1.807) is 0 Å². The molecule has 0 aliphatic heterocycles. The van der Waals surface area contributed by atoms with Crippen LogP contribution in [0.15, 0.2) is 28.7 Å². The summed E-state index contributed by atoms with van der Waals surface area (Å²) in [7, 11) is 0. The first-order chi connectivity index (χ1) is 9.58. The topological polar surface area (TPSA) is 75.9 Å². The molecule has 0 aliphatic carbocycles. The van der Waals surface area contributed by atoms with Crippen molar-refractivity contribution in [3.8, 4) is 0 Å². The van der Waals surface area contributed by atoms with Gasteiger partial charge in [-0.1, -0.05) is 13.0 Å². The smallest absolute Gasteiger partial charge is 0.223 e. The number of aromatic nitrogens is 2. The second-order valence-electron chi connectivity index (χ2n) is 4.53. The van der Waals surface area contributed by atoms with E-state index in [-0.39, 0.29) is 5.95 Å². The number of rotatable bonds is 5. The van der Waals surface area contributed by atoms with Crippen molar-refractivity contribution in [3.63, 3.8) is 0 Å². The Balaban J connectivity index is 2.24. The van der Waals surface area contributed by atoms with Gasteiger partial charge in [-0.3, -0.25) is 0 Å². The van der Waals surface area contributed by atoms with Gasteiger partial charge in [0.1, 0.15) is 11.6 Å². The fraction of sp³-hybridized carbons (Fsp3) is 0.286. The lowest BCUT2D eigenvalue weighted by Crippen LogP contribution is -2.07. The Kier molecular flexibility index (Phi) is 4.79. The molecule has 1 aromatic heterocycles. The lowest BCUT2D eigenvalue weighted by Gasteiger charge is -2.11. The van der Waals surface area contributed by atoms with Crippen molar-refractivity contribution in [1.29, 1.82) is 0 Å². The molecule has 0 atom stereocenters. The highest BCUT2D eigenvalue weighted by atomic mass is 79.9. The number of nitrogen functional groups attached to an aromatic ring is 1. The minimum atomic E-state index is 0.248. The second-order valence-corrected chi connectivity index (χ2v) is 5.39. The van der Waals surface area contributed by atoms with Gasteiger partial charge in [0.05, 0.1) is 5.69 Å². The monoisotopic (exact) mass is 335 g/mol. The first kappa shape index (κ1) is 14.6. The van der Waals surface area contributed by atoms with Crippen molar-refractivity contribution in [3.05, 3.63) is 34.3 Å². The van der Waals surface area contributed by atoms with E-state index in [1.807, 2.05) is 31.2 Å². The van der Waals surface area contributed by atoms with Crippen LogP contribution in [0, 0.1) is 6.92 Å². The van der Waals surface area contributed by atoms with E-state index < -0.39 is 0 Å². The largest absolute Gasteiger partial charge is 0.370 e. The molecule has 0 fully saturated rings. The van der Waals surface area contributed by atoms with Gasteiger partial charge in [-0.05, 0) is 47.0 Å². The van der Waals surface area contributed by atoms with Crippen LogP contribution in [0.3, 0.4) is 0 Å². The van der Waals surface area contributed by atoms with Crippen LogP contribution < -0.4 is 16.4 Å². The Morgan fingerprint density at radius 2 is 1.95 bits per heavy atom. The predicted molar refractivity (Wildman–Crippen MR) is 87.4 cm³/mol. The summed E-state index contributed by atoms with van der Waals surface area (Å²) in [5, 5.41) is 6.46. The summed E-state index contributed by atoms with van der Waals surface area (Å²) in [5.41, 5.74) is 7.86. The normalized spacial score (nSPS) is 10.3. The molecule has 0 saturated carbocycles. The molecule has 0 aliphatic rings. The molecule has 4 N–H and O–H groups in total. The van der Waals surface area contributed by atoms with Gasteiger partial charge >= 0.3 is 0 Å². The molecular weight excluding hydrogens is 318 g/mol. The zero-order valence-electron chi connectivity index (χ0n) is 11.6. The van der Waals surface area contributed by atoms with Gasteiger partial charge in [-0.25, -0.2) is 0 Å². The molecule has 106 valence electrons. The molecular formula is C14H18BrN5. The number of nitrogens with one attached hydrogen (secondary N) is 2. The molecule has 0 radical (unpaired) electrons. The number of aryl methyl sites for hydroxylation is 1. The summed E-state index contributed by atoms with van der Waals surface area (Å²) >= 11 is 3.51. The average molecular weight is 336 g/mol. The number of hydrogen-bond acceptors (Lipinski definition) is 5. The van der Waals surface area contributed by atoms with Gasteiger partial charge in [0, 0.05) is 17.1 Å².